The van der Waals surface area contributed by atoms with Gasteiger partial charge in [-0.25, -0.2) is 9.98 Å². The number of hydrogen-bond acceptors (Lipinski definition) is 2. The molecule has 10 aromatic rings. The molecular formula is C51H38N6. The number of rotatable bonds is 6. The minimum Gasteiger partial charge on any atom is -0.383 e. The van der Waals surface area contributed by atoms with Crippen molar-refractivity contribution < 1.29 is 0 Å². The lowest BCUT2D eigenvalue weighted by Crippen LogP contribution is -2.20. The molecule has 0 spiro atoms. The second kappa shape index (κ2) is 14.3. The van der Waals surface area contributed by atoms with E-state index in [4.69, 9.17) is 20.7 Å². The molecule has 272 valence electrons. The van der Waals surface area contributed by atoms with Crippen molar-refractivity contribution in [2.24, 2.45) is 15.7 Å². The minimum absolute atomic E-state index is 0.211. The molecule has 0 saturated carbocycles. The number of aliphatic imine (C=N–C) groups is 2. The summed E-state index contributed by atoms with van der Waals surface area (Å²) in [5, 5.41) is 4.46. The van der Waals surface area contributed by atoms with Gasteiger partial charge < -0.3 is 10.3 Å². The second-order valence-electron chi connectivity index (χ2n) is 14.3. The maximum absolute atomic E-state index is 6.89. The van der Waals surface area contributed by atoms with Crippen LogP contribution in [0.3, 0.4) is 0 Å². The summed E-state index contributed by atoms with van der Waals surface area (Å²) in [6.07, 6.45) is 0. The summed E-state index contributed by atoms with van der Waals surface area (Å²) < 4.78 is 4.61. The molecule has 0 amide bonds. The zero-order valence-electron chi connectivity index (χ0n) is 31.4. The molecular weight excluding hydrogens is 697 g/mol. The number of nitrogens with two attached hydrogens (primary N) is 1. The van der Waals surface area contributed by atoms with Crippen molar-refractivity contribution in [3.05, 3.63) is 205 Å². The third kappa shape index (κ3) is 6.04. The summed E-state index contributed by atoms with van der Waals surface area (Å²) in [7, 11) is 0. The van der Waals surface area contributed by atoms with Gasteiger partial charge in [-0.2, -0.15) is 4.99 Å². The zero-order valence-corrected chi connectivity index (χ0v) is 31.4. The van der Waals surface area contributed by atoms with Gasteiger partial charge in [-0.1, -0.05) is 170 Å². The summed E-state index contributed by atoms with van der Waals surface area (Å²) in [5.74, 6) is 0.898. The van der Waals surface area contributed by atoms with Crippen molar-refractivity contribution in [1.29, 1.82) is 0 Å². The van der Waals surface area contributed by atoms with Crippen LogP contribution in [-0.2, 0) is 0 Å². The van der Waals surface area contributed by atoms with Gasteiger partial charge in [0.1, 0.15) is 5.84 Å². The van der Waals surface area contributed by atoms with Gasteiger partial charge in [-0.3, -0.25) is 4.57 Å². The Morgan fingerprint density at radius 3 is 1.63 bits per heavy atom. The molecule has 57 heavy (non-hydrogen) atoms. The molecule has 0 aliphatic carbocycles. The van der Waals surface area contributed by atoms with Crippen LogP contribution >= 0.6 is 0 Å². The lowest BCUT2D eigenvalue weighted by Gasteiger charge is -2.16. The van der Waals surface area contributed by atoms with Crippen molar-refractivity contribution in [2.75, 3.05) is 0 Å². The summed E-state index contributed by atoms with van der Waals surface area (Å²) >= 11 is 0. The quantitative estimate of drug-likeness (QED) is 0.136. The molecule has 1 unspecified atom stereocenters. The molecule has 0 bridgehead atoms. The standard InChI is InChI=1S/C51H38N6/c1-34(35-18-6-2-7-19-35)53-51(55-50(52)38-24-12-5-13-25-38)57-47-29-17-15-27-41(47)43-31-30-42-40-26-14-16-28-46(40)56(48(42)49(43)57)39-32-44(36-20-8-3-9-21-36)54-45(33-39)37-22-10-4-11-23-37/h2-34H,1H3,(H2,52,53,55). The van der Waals surface area contributed by atoms with E-state index in [1.54, 1.807) is 0 Å². The molecule has 6 heteroatoms. The number of para-hydroxylation sites is 2. The molecule has 0 saturated heterocycles. The molecule has 0 aliphatic rings. The number of fused-ring (bicyclic) bond motifs is 7. The first kappa shape index (κ1) is 34.0. The Bertz CT molecular complexity index is 3070. The number of hydrogen-bond donors (Lipinski definition) is 1. The van der Waals surface area contributed by atoms with Crippen LogP contribution in [-0.4, -0.2) is 25.9 Å². The molecule has 0 radical (unpaired) electrons. The van der Waals surface area contributed by atoms with Crippen LogP contribution in [0.25, 0.3) is 71.8 Å². The summed E-state index contributed by atoms with van der Waals surface area (Å²) in [4.78, 5) is 15.9. The van der Waals surface area contributed by atoms with E-state index < -0.39 is 0 Å². The zero-order chi connectivity index (χ0) is 38.3. The average molecular weight is 735 g/mol. The predicted octanol–water partition coefficient (Wildman–Crippen LogP) is 12.0. The topological polar surface area (TPSA) is 73.5 Å². The Morgan fingerprint density at radius 2 is 1.02 bits per heavy atom. The highest BCUT2D eigenvalue weighted by Gasteiger charge is 2.24. The molecule has 10 rings (SSSR count). The van der Waals surface area contributed by atoms with Gasteiger partial charge >= 0.3 is 0 Å². The first-order valence-corrected chi connectivity index (χ1v) is 19.2. The predicted molar refractivity (Wildman–Crippen MR) is 237 cm³/mol. The third-order valence-corrected chi connectivity index (χ3v) is 10.8. The maximum atomic E-state index is 6.89. The third-order valence-electron chi connectivity index (χ3n) is 10.8. The highest BCUT2D eigenvalue weighted by Crippen LogP contribution is 2.41. The van der Waals surface area contributed by atoms with E-state index in [1.165, 1.54) is 0 Å². The Kier molecular flexibility index (Phi) is 8.49. The molecule has 3 aromatic heterocycles. The summed E-state index contributed by atoms with van der Waals surface area (Å²) in [6, 6.07) is 66.9. The van der Waals surface area contributed by atoms with Gasteiger partial charge in [0.2, 0.25) is 5.96 Å². The minimum atomic E-state index is -0.211. The lowest BCUT2D eigenvalue weighted by atomic mass is 10.1. The number of nitrogens with zero attached hydrogens (tertiary/aromatic N) is 5. The number of pyridine rings is 1. The smallest absolute Gasteiger partial charge is 0.232 e. The second-order valence-corrected chi connectivity index (χ2v) is 14.3. The molecule has 3 heterocycles. The number of aromatic nitrogens is 3. The average Bonchev–Trinajstić information content (AvgIpc) is 3.80. The number of amidine groups is 1. The van der Waals surface area contributed by atoms with E-state index in [1.807, 2.05) is 60.7 Å². The van der Waals surface area contributed by atoms with Crippen molar-refractivity contribution in [3.63, 3.8) is 0 Å². The molecule has 6 nitrogen and oxygen atoms in total. The van der Waals surface area contributed by atoms with Gasteiger partial charge in [0.15, 0.2) is 0 Å². The lowest BCUT2D eigenvalue weighted by molar-refractivity contribution is 0.810. The van der Waals surface area contributed by atoms with Crippen LogP contribution in [0.4, 0.5) is 0 Å². The fraction of sp³-hybridized carbons (Fsp3) is 0.0392. The fourth-order valence-corrected chi connectivity index (χ4v) is 8.03. The summed E-state index contributed by atoms with van der Waals surface area (Å²) in [5.41, 5.74) is 17.8. The Hall–Kier alpha value is -7.57. The van der Waals surface area contributed by atoms with Crippen LogP contribution in [0.2, 0.25) is 0 Å². The molecule has 0 fully saturated rings. The summed E-state index contributed by atoms with van der Waals surface area (Å²) in [6.45, 7) is 2.11. The van der Waals surface area contributed by atoms with Crippen molar-refractivity contribution >= 4 is 55.4 Å². The van der Waals surface area contributed by atoms with E-state index in [-0.39, 0.29) is 6.04 Å². The molecule has 1 atom stereocenters. The van der Waals surface area contributed by atoms with E-state index in [0.29, 0.717) is 11.8 Å². The van der Waals surface area contributed by atoms with Gasteiger partial charge in [0, 0.05) is 38.2 Å². The molecule has 7 aromatic carbocycles. The van der Waals surface area contributed by atoms with E-state index in [2.05, 4.69) is 150 Å². The normalized spacial score (nSPS) is 12.9. The van der Waals surface area contributed by atoms with Crippen LogP contribution in [0.15, 0.2) is 204 Å². The van der Waals surface area contributed by atoms with Crippen molar-refractivity contribution in [3.8, 4) is 28.2 Å². The van der Waals surface area contributed by atoms with E-state index in [0.717, 1.165) is 82.9 Å². The van der Waals surface area contributed by atoms with Crippen LogP contribution < -0.4 is 5.73 Å². The van der Waals surface area contributed by atoms with E-state index in [9.17, 15) is 0 Å². The first-order valence-electron chi connectivity index (χ1n) is 19.2. The highest BCUT2D eigenvalue weighted by molar-refractivity contribution is 6.26. The van der Waals surface area contributed by atoms with Gasteiger partial charge in [-0.15, -0.1) is 0 Å². The van der Waals surface area contributed by atoms with Crippen molar-refractivity contribution in [1.82, 2.24) is 14.1 Å². The molecule has 2 N–H and O–H groups in total. The Labute approximate surface area is 330 Å². The SMILES string of the molecule is CC(N=C(N=C(N)c1ccccc1)n1c2ccccc2c2ccc3c4ccccc4n(-c4cc(-c5ccccc5)nc(-c5ccccc5)c4)c3c21)c1ccccc1. The highest BCUT2D eigenvalue weighted by atomic mass is 15.2. The monoisotopic (exact) mass is 734 g/mol. The molecule has 0 aliphatic heterocycles. The van der Waals surface area contributed by atoms with Crippen LogP contribution in [0, 0.1) is 0 Å². The van der Waals surface area contributed by atoms with Gasteiger partial charge in [0.25, 0.3) is 0 Å². The van der Waals surface area contributed by atoms with Crippen LogP contribution in [0.1, 0.15) is 24.1 Å². The van der Waals surface area contributed by atoms with Crippen molar-refractivity contribution in [2.45, 2.75) is 13.0 Å². The largest absolute Gasteiger partial charge is 0.383 e. The Balaban J connectivity index is 1.35. The number of benzene rings is 7. The van der Waals surface area contributed by atoms with Gasteiger partial charge in [0.05, 0.1) is 45.2 Å². The maximum Gasteiger partial charge on any atom is 0.232 e. The first-order chi connectivity index (χ1) is 28.1. The fourth-order valence-electron chi connectivity index (χ4n) is 8.03. The van der Waals surface area contributed by atoms with Crippen LogP contribution in [0.5, 0.6) is 0 Å². The van der Waals surface area contributed by atoms with E-state index >= 15 is 0 Å². The Morgan fingerprint density at radius 1 is 0.526 bits per heavy atom. The van der Waals surface area contributed by atoms with Gasteiger partial charge in [-0.05, 0) is 36.8 Å².